The third-order valence-electron chi connectivity index (χ3n) is 3.88. The van der Waals surface area contributed by atoms with E-state index in [4.69, 9.17) is 13.9 Å². The predicted octanol–water partition coefficient (Wildman–Crippen LogP) is 2.70. The van der Waals surface area contributed by atoms with Crippen LogP contribution in [0.5, 0.6) is 11.5 Å². The summed E-state index contributed by atoms with van der Waals surface area (Å²) in [7, 11) is 3.33. The second-order valence-corrected chi connectivity index (χ2v) is 5.76. The first kappa shape index (κ1) is 19.3. The molecule has 9 nitrogen and oxygen atoms in total. The lowest BCUT2D eigenvalue weighted by molar-refractivity contribution is 0.311. The fourth-order valence-corrected chi connectivity index (χ4v) is 2.56. The van der Waals surface area contributed by atoms with Crippen LogP contribution in [0.25, 0.3) is 11.6 Å². The Morgan fingerprint density at radius 3 is 2.89 bits per heavy atom. The van der Waals surface area contributed by atoms with Gasteiger partial charge in [-0.25, -0.2) is 4.98 Å². The Balaban J connectivity index is 1.54. The number of anilines is 1. The van der Waals surface area contributed by atoms with Crippen LogP contribution in [0.15, 0.2) is 46.0 Å². The van der Waals surface area contributed by atoms with Crippen LogP contribution in [-0.4, -0.2) is 48.5 Å². The molecule has 2 heterocycles. The van der Waals surface area contributed by atoms with E-state index in [1.54, 1.807) is 26.5 Å². The predicted molar refractivity (Wildman–Crippen MR) is 107 cm³/mol. The Bertz CT molecular complexity index is 904. The van der Waals surface area contributed by atoms with Crippen LogP contribution in [0.4, 0.5) is 5.69 Å². The summed E-state index contributed by atoms with van der Waals surface area (Å²) in [5.41, 5.74) is 0.845. The molecule has 0 aliphatic carbocycles. The molecule has 0 fully saturated rings. The number of hydrogen-bond acceptors (Lipinski definition) is 6. The second-order valence-electron chi connectivity index (χ2n) is 5.76. The zero-order valence-corrected chi connectivity index (χ0v) is 16.2. The molecule has 1 aromatic carbocycles. The first-order valence-electron chi connectivity index (χ1n) is 8.97. The Morgan fingerprint density at radius 2 is 2.18 bits per heavy atom. The molecule has 0 spiro atoms. The number of rotatable bonds is 8. The van der Waals surface area contributed by atoms with Crippen LogP contribution in [0.2, 0.25) is 0 Å². The maximum absolute atomic E-state index is 5.60. The van der Waals surface area contributed by atoms with E-state index in [-0.39, 0.29) is 0 Å². The van der Waals surface area contributed by atoms with Crippen molar-refractivity contribution in [1.82, 2.24) is 20.5 Å². The molecule has 0 saturated heterocycles. The largest absolute Gasteiger partial charge is 0.493 e. The van der Waals surface area contributed by atoms with E-state index < -0.39 is 0 Å². The van der Waals surface area contributed by atoms with Crippen molar-refractivity contribution in [3.63, 3.8) is 0 Å². The van der Waals surface area contributed by atoms with Gasteiger partial charge in [0.05, 0.1) is 20.0 Å². The van der Waals surface area contributed by atoms with Gasteiger partial charge in [0, 0.05) is 31.8 Å². The fourth-order valence-electron chi connectivity index (χ4n) is 2.56. The number of aliphatic imine (C=N–C) groups is 1. The number of methoxy groups -OCH3 is 1. The summed E-state index contributed by atoms with van der Waals surface area (Å²) in [6, 6.07) is 9.26. The third kappa shape index (κ3) is 4.81. The smallest absolute Gasteiger partial charge is 0.216 e. The van der Waals surface area contributed by atoms with Crippen molar-refractivity contribution in [2.45, 2.75) is 13.3 Å². The Kier molecular flexibility index (Phi) is 6.50. The summed E-state index contributed by atoms with van der Waals surface area (Å²) >= 11 is 0. The highest BCUT2D eigenvalue weighted by Crippen LogP contribution is 2.30. The van der Waals surface area contributed by atoms with Crippen LogP contribution in [-0.2, 0) is 6.42 Å². The Hall–Kier alpha value is -3.49. The number of guanidine groups is 1. The molecule has 0 aliphatic rings. The Labute approximate surface area is 163 Å². The van der Waals surface area contributed by atoms with Gasteiger partial charge in [0.25, 0.3) is 0 Å². The minimum Gasteiger partial charge on any atom is -0.493 e. The number of furan rings is 1. The molecular formula is C19H24N6O3. The summed E-state index contributed by atoms with van der Waals surface area (Å²) in [6.07, 6.45) is 2.25. The minimum absolute atomic E-state index is 0.546. The normalized spacial score (nSPS) is 11.3. The van der Waals surface area contributed by atoms with E-state index in [0.29, 0.717) is 48.6 Å². The maximum Gasteiger partial charge on any atom is 0.216 e. The van der Waals surface area contributed by atoms with Crippen molar-refractivity contribution in [2.75, 3.05) is 32.6 Å². The lowest BCUT2D eigenvalue weighted by Gasteiger charge is -2.14. The molecule has 2 aromatic heterocycles. The van der Waals surface area contributed by atoms with Gasteiger partial charge in [-0.3, -0.25) is 10.1 Å². The van der Waals surface area contributed by atoms with E-state index in [2.05, 4.69) is 30.8 Å². The lowest BCUT2D eigenvalue weighted by Crippen LogP contribution is -2.32. The molecule has 9 heteroatoms. The van der Waals surface area contributed by atoms with Crippen molar-refractivity contribution in [3.8, 4) is 23.1 Å². The zero-order valence-electron chi connectivity index (χ0n) is 16.2. The first-order valence-corrected chi connectivity index (χ1v) is 8.97. The summed E-state index contributed by atoms with van der Waals surface area (Å²) in [6.45, 7) is 3.12. The van der Waals surface area contributed by atoms with E-state index in [0.717, 1.165) is 11.5 Å². The molecule has 3 aromatic rings. The number of H-pyrrole nitrogens is 1. The van der Waals surface area contributed by atoms with Gasteiger partial charge < -0.3 is 24.5 Å². The number of hydrogen-bond donors (Lipinski definition) is 3. The summed E-state index contributed by atoms with van der Waals surface area (Å²) in [5.74, 6) is 3.95. The molecule has 0 aliphatic heterocycles. The van der Waals surface area contributed by atoms with Crippen molar-refractivity contribution in [2.24, 2.45) is 4.99 Å². The Morgan fingerprint density at radius 1 is 1.29 bits per heavy atom. The van der Waals surface area contributed by atoms with Crippen molar-refractivity contribution in [3.05, 3.63) is 42.4 Å². The molecule has 0 bridgehead atoms. The second kappa shape index (κ2) is 9.45. The lowest BCUT2D eigenvalue weighted by atomic mass is 10.2. The van der Waals surface area contributed by atoms with Crippen LogP contribution in [0, 0.1) is 0 Å². The zero-order chi connectivity index (χ0) is 19.8. The number of nitrogens with one attached hydrogen (secondary N) is 3. The fraction of sp³-hybridized carbons (Fsp3) is 0.316. The summed E-state index contributed by atoms with van der Waals surface area (Å²) in [5, 5.41) is 13.6. The number of nitrogens with zero attached hydrogens (tertiary/aromatic N) is 3. The molecule has 148 valence electrons. The van der Waals surface area contributed by atoms with Crippen LogP contribution < -0.4 is 20.1 Å². The van der Waals surface area contributed by atoms with Crippen molar-refractivity contribution < 1.29 is 13.9 Å². The van der Waals surface area contributed by atoms with E-state index in [1.807, 2.05) is 31.2 Å². The number of benzene rings is 1. The molecule has 3 rings (SSSR count). The van der Waals surface area contributed by atoms with Crippen LogP contribution >= 0.6 is 0 Å². The SMILES string of the molecule is CCOc1cc(NC(=NC)NCCc2nc(-c3ccco3)n[nH]2)ccc1OC. The van der Waals surface area contributed by atoms with Crippen LogP contribution in [0.1, 0.15) is 12.7 Å². The highest BCUT2D eigenvalue weighted by Gasteiger charge is 2.09. The molecule has 0 atom stereocenters. The molecule has 0 radical (unpaired) electrons. The van der Waals surface area contributed by atoms with E-state index in [9.17, 15) is 0 Å². The van der Waals surface area contributed by atoms with Gasteiger partial charge >= 0.3 is 0 Å². The molecule has 0 saturated carbocycles. The standard InChI is InChI=1S/C19H24N6O3/c1-4-27-16-12-13(7-8-14(16)26-3)22-19(20-2)21-10-9-17-23-18(25-24-17)15-6-5-11-28-15/h5-8,11-12H,4,9-10H2,1-3H3,(H2,20,21,22)(H,23,24,25). The summed E-state index contributed by atoms with van der Waals surface area (Å²) < 4.78 is 16.2. The van der Waals surface area contributed by atoms with Crippen LogP contribution in [0.3, 0.4) is 0 Å². The van der Waals surface area contributed by atoms with Gasteiger partial charge in [-0.15, -0.1) is 0 Å². The van der Waals surface area contributed by atoms with Gasteiger partial charge in [-0.05, 0) is 31.2 Å². The van der Waals surface area contributed by atoms with Gasteiger partial charge in [-0.1, -0.05) is 0 Å². The minimum atomic E-state index is 0.546. The molecule has 3 N–H and O–H groups in total. The number of ether oxygens (including phenoxy) is 2. The van der Waals surface area contributed by atoms with Gasteiger partial charge in [0.15, 0.2) is 23.2 Å². The van der Waals surface area contributed by atoms with E-state index >= 15 is 0 Å². The van der Waals surface area contributed by atoms with Gasteiger partial charge in [-0.2, -0.15) is 5.10 Å². The molecule has 0 unspecified atom stereocenters. The van der Waals surface area contributed by atoms with Crippen molar-refractivity contribution >= 4 is 11.6 Å². The number of aromatic nitrogens is 3. The molecular weight excluding hydrogens is 360 g/mol. The summed E-state index contributed by atoms with van der Waals surface area (Å²) in [4.78, 5) is 8.66. The average Bonchev–Trinajstić information content (AvgIpc) is 3.39. The van der Waals surface area contributed by atoms with Gasteiger partial charge in [0.1, 0.15) is 5.82 Å². The monoisotopic (exact) mass is 384 g/mol. The highest BCUT2D eigenvalue weighted by molar-refractivity contribution is 5.93. The first-order chi connectivity index (χ1) is 13.7. The quantitative estimate of drug-likeness (QED) is 0.405. The van der Waals surface area contributed by atoms with E-state index in [1.165, 1.54) is 0 Å². The molecule has 0 amide bonds. The van der Waals surface area contributed by atoms with Crippen molar-refractivity contribution in [1.29, 1.82) is 0 Å². The average molecular weight is 384 g/mol. The van der Waals surface area contributed by atoms with Gasteiger partial charge in [0.2, 0.25) is 5.82 Å². The number of aromatic amines is 1. The molecule has 28 heavy (non-hydrogen) atoms. The highest BCUT2D eigenvalue weighted by atomic mass is 16.5. The maximum atomic E-state index is 5.60. The third-order valence-corrected chi connectivity index (χ3v) is 3.88. The topological polar surface area (TPSA) is 110 Å².